The highest BCUT2D eigenvalue weighted by Gasteiger charge is 2.30. The van der Waals surface area contributed by atoms with Crippen LogP contribution in [0.4, 0.5) is 10.8 Å². The third-order valence-electron chi connectivity index (χ3n) is 4.35. The minimum absolute atomic E-state index is 0.232. The average Bonchev–Trinajstić information content (AvgIpc) is 3.02. The first kappa shape index (κ1) is 19.7. The number of aromatic nitrogens is 1. The molecule has 1 N–H and O–H groups in total. The highest BCUT2D eigenvalue weighted by Crippen LogP contribution is 2.30. The van der Waals surface area contributed by atoms with Gasteiger partial charge in [0, 0.05) is 57.3 Å². The van der Waals surface area contributed by atoms with Crippen molar-refractivity contribution < 1.29 is 13.2 Å². The molecule has 1 aliphatic heterocycles. The molecule has 2 heterocycles. The molecule has 1 amide bonds. The van der Waals surface area contributed by atoms with Crippen LogP contribution in [0.5, 0.6) is 0 Å². The van der Waals surface area contributed by atoms with E-state index in [2.05, 4.69) is 10.3 Å². The molecule has 0 saturated heterocycles. The summed E-state index contributed by atoms with van der Waals surface area (Å²) in [5, 5.41) is 3.31. The van der Waals surface area contributed by atoms with Gasteiger partial charge >= 0.3 is 0 Å². The summed E-state index contributed by atoms with van der Waals surface area (Å²) in [6.45, 7) is 0.664. The normalized spacial score (nSPS) is 14.9. The summed E-state index contributed by atoms with van der Waals surface area (Å²) >= 11 is 1.32. The summed E-state index contributed by atoms with van der Waals surface area (Å²) in [5.74, 6) is -0.232. The highest BCUT2D eigenvalue weighted by atomic mass is 32.2. The summed E-state index contributed by atoms with van der Waals surface area (Å²) in [4.78, 5) is 19.7. The van der Waals surface area contributed by atoms with Gasteiger partial charge < -0.3 is 4.90 Å². The summed E-state index contributed by atoms with van der Waals surface area (Å²) in [6, 6.07) is 7.30. The zero-order valence-electron chi connectivity index (χ0n) is 15.8. The van der Waals surface area contributed by atoms with Crippen molar-refractivity contribution in [2.45, 2.75) is 13.0 Å². The Kier molecular flexibility index (Phi) is 5.52. The molecule has 0 aliphatic carbocycles. The molecule has 3 rings (SSSR count). The molecule has 146 valence electrons. The molecule has 0 spiro atoms. The van der Waals surface area contributed by atoms with Crippen LogP contribution in [-0.4, -0.2) is 62.7 Å². The van der Waals surface area contributed by atoms with Crippen LogP contribution in [0.25, 0.3) is 0 Å². The molecule has 0 fully saturated rings. The van der Waals surface area contributed by atoms with Crippen LogP contribution in [0.1, 0.15) is 20.9 Å². The lowest BCUT2D eigenvalue weighted by Gasteiger charge is -2.27. The van der Waals surface area contributed by atoms with Gasteiger partial charge in [-0.05, 0) is 24.3 Å². The van der Waals surface area contributed by atoms with Crippen molar-refractivity contribution in [2.75, 3.05) is 45.0 Å². The van der Waals surface area contributed by atoms with Gasteiger partial charge in [-0.2, -0.15) is 17.0 Å². The second-order valence-corrected chi connectivity index (χ2v) is 9.88. The van der Waals surface area contributed by atoms with E-state index in [0.717, 1.165) is 16.3 Å². The van der Waals surface area contributed by atoms with Crippen molar-refractivity contribution in [3.05, 3.63) is 40.4 Å². The Morgan fingerprint density at radius 2 is 1.85 bits per heavy atom. The molecular weight excluding hydrogens is 386 g/mol. The van der Waals surface area contributed by atoms with E-state index in [1.807, 2.05) is 31.1 Å². The maximum absolute atomic E-state index is 12.4. The summed E-state index contributed by atoms with van der Waals surface area (Å²) in [7, 11) is 3.46. The third-order valence-corrected chi connectivity index (χ3v) is 7.24. The number of hydrogen-bond acceptors (Lipinski definition) is 6. The lowest BCUT2D eigenvalue weighted by molar-refractivity contribution is 0.102. The minimum Gasteiger partial charge on any atom is -0.378 e. The SMILES string of the molecule is CN(C)c1ccc(C(=O)Nc2nc3c(s2)CN(S(=O)(=O)N(C)C)CC3)cc1. The van der Waals surface area contributed by atoms with Crippen LogP contribution in [0.3, 0.4) is 0 Å². The lowest BCUT2D eigenvalue weighted by Crippen LogP contribution is -2.42. The zero-order valence-corrected chi connectivity index (χ0v) is 17.4. The number of hydrogen-bond donors (Lipinski definition) is 1. The number of benzene rings is 1. The Hall–Kier alpha value is -2.01. The molecule has 1 aliphatic rings. The number of anilines is 2. The van der Waals surface area contributed by atoms with Gasteiger partial charge in [-0.15, -0.1) is 11.3 Å². The monoisotopic (exact) mass is 409 g/mol. The van der Waals surface area contributed by atoms with Gasteiger partial charge in [0.2, 0.25) is 0 Å². The molecule has 8 nitrogen and oxygen atoms in total. The molecule has 1 aromatic carbocycles. The number of fused-ring (bicyclic) bond motifs is 1. The number of nitrogens with one attached hydrogen (secondary N) is 1. The van der Waals surface area contributed by atoms with E-state index in [1.165, 1.54) is 34.0 Å². The number of carbonyl (C=O) groups is 1. The number of carbonyl (C=O) groups excluding carboxylic acids is 1. The van der Waals surface area contributed by atoms with Crippen molar-refractivity contribution in [1.82, 2.24) is 13.6 Å². The molecule has 10 heteroatoms. The first-order valence-corrected chi connectivity index (χ1v) is 10.6. The summed E-state index contributed by atoms with van der Waals surface area (Å²) in [5.41, 5.74) is 2.41. The summed E-state index contributed by atoms with van der Waals surface area (Å²) in [6.07, 6.45) is 0.534. The fourth-order valence-corrected chi connectivity index (χ4v) is 4.91. The molecule has 0 unspecified atom stereocenters. The van der Waals surface area contributed by atoms with Crippen LogP contribution < -0.4 is 10.2 Å². The maximum Gasteiger partial charge on any atom is 0.281 e. The predicted molar refractivity (Wildman–Crippen MR) is 108 cm³/mol. The quantitative estimate of drug-likeness (QED) is 0.811. The molecule has 0 radical (unpaired) electrons. The van der Waals surface area contributed by atoms with E-state index < -0.39 is 10.2 Å². The van der Waals surface area contributed by atoms with Crippen LogP contribution in [0.15, 0.2) is 24.3 Å². The predicted octanol–water partition coefficient (Wildman–Crippen LogP) is 1.63. The minimum atomic E-state index is -3.46. The Labute approximate surface area is 163 Å². The smallest absolute Gasteiger partial charge is 0.281 e. The molecule has 1 aromatic heterocycles. The number of nitrogens with zero attached hydrogens (tertiary/aromatic N) is 4. The fourth-order valence-electron chi connectivity index (χ4n) is 2.73. The lowest BCUT2D eigenvalue weighted by atomic mass is 10.2. The van der Waals surface area contributed by atoms with E-state index in [4.69, 9.17) is 0 Å². The fraction of sp³-hybridized carbons (Fsp3) is 0.412. The second kappa shape index (κ2) is 7.55. The van der Waals surface area contributed by atoms with Crippen molar-refractivity contribution in [3.63, 3.8) is 0 Å². The largest absolute Gasteiger partial charge is 0.378 e. The molecule has 0 bridgehead atoms. The molecule has 2 aromatic rings. The second-order valence-electron chi connectivity index (χ2n) is 6.66. The van der Waals surface area contributed by atoms with E-state index in [0.29, 0.717) is 23.7 Å². The molecule has 0 saturated carbocycles. The number of rotatable bonds is 5. The van der Waals surface area contributed by atoms with Gasteiger partial charge in [0.1, 0.15) is 0 Å². The van der Waals surface area contributed by atoms with Gasteiger partial charge in [0.25, 0.3) is 16.1 Å². The molecule has 0 atom stereocenters. The van der Waals surface area contributed by atoms with Crippen molar-refractivity contribution in [1.29, 1.82) is 0 Å². The average molecular weight is 410 g/mol. The van der Waals surface area contributed by atoms with Gasteiger partial charge in [-0.1, -0.05) is 0 Å². The van der Waals surface area contributed by atoms with Crippen LogP contribution in [-0.2, 0) is 23.2 Å². The highest BCUT2D eigenvalue weighted by molar-refractivity contribution is 7.86. The Bertz CT molecular complexity index is 936. The van der Waals surface area contributed by atoms with E-state index in [9.17, 15) is 13.2 Å². The topological polar surface area (TPSA) is 85.9 Å². The van der Waals surface area contributed by atoms with E-state index in [1.54, 1.807) is 12.1 Å². The van der Waals surface area contributed by atoms with E-state index in [-0.39, 0.29) is 12.5 Å². The Morgan fingerprint density at radius 1 is 1.19 bits per heavy atom. The zero-order chi connectivity index (χ0) is 19.8. The number of thiazole rings is 1. The van der Waals surface area contributed by atoms with Gasteiger partial charge in [0.15, 0.2) is 5.13 Å². The third kappa shape index (κ3) is 4.13. The van der Waals surface area contributed by atoms with Crippen molar-refractivity contribution >= 4 is 38.3 Å². The van der Waals surface area contributed by atoms with Gasteiger partial charge in [-0.25, -0.2) is 4.98 Å². The standard InChI is InChI=1S/C17H23N5O3S2/c1-20(2)13-7-5-12(6-8-13)16(23)19-17-18-14-9-10-22(11-15(14)26-17)27(24,25)21(3)4/h5-8H,9-11H2,1-4H3,(H,18,19,23). The molecular formula is C17H23N5O3S2. The van der Waals surface area contributed by atoms with Gasteiger partial charge in [0.05, 0.1) is 12.2 Å². The summed E-state index contributed by atoms with van der Waals surface area (Å²) < 4.78 is 27.2. The Morgan fingerprint density at radius 3 is 2.44 bits per heavy atom. The van der Waals surface area contributed by atoms with Gasteiger partial charge in [-0.3, -0.25) is 10.1 Å². The van der Waals surface area contributed by atoms with Crippen LogP contribution >= 0.6 is 11.3 Å². The first-order chi connectivity index (χ1) is 12.7. The van der Waals surface area contributed by atoms with Crippen molar-refractivity contribution in [3.8, 4) is 0 Å². The van der Waals surface area contributed by atoms with Crippen LogP contribution in [0.2, 0.25) is 0 Å². The van der Waals surface area contributed by atoms with Crippen LogP contribution in [0, 0.1) is 0 Å². The maximum atomic E-state index is 12.4. The Balaban J connectivity index is 1.72. The number of amides is 1. The molecule has 27 heavy (non-hydrogen) atoms. The first-order valence-electron chi connectivity index (χ1n) is 8.43. The van der Waals surface area contributed by atoms with Crippen molar-refractivity contribution in [2.24, 2.45) is 0 Å². The van der Waals surface area contributed by atoms with E-state index >= 15 is 0 Å².